The number of nitrogens with one attached hydrogen (secondary N) is 1. The van der Waals surface area contributed by atoms with Crippen molar-refractivity contribution in [1.29, 1.82) is 0 Å². The molecule has 4 rings (SSSR count). The highest BCUT2D eigenvalue weighted by Crippen LogP contribution is 2.39. The van der Waals surface area contributed by atoms with E-state index >= 15 is 0 Å². The van der Waals surface area contributed by atoms with E-state index in [-0.39, 0.29) is 43.3 Å². The van der Waals surface area contributed by atoms with Crippen LogP contribution < -0.4 is 14.8 Å². The van der Waals surface area contributed by atoms with Gasteiger partial charge in [-0.15, -0.1) is 0 Å². The first-order valence-corrected chi connectivity index (χ1v) is 14.0. The average Bonchev–Trinajstić information content (AvgIpc) is 3.38. The molecule has 1 aromatic rings. The number of ether oxygens (including phenoxy) is 2. The molecule has 3 aliphatic rings. The maximum atomic E-state index is 13.7. The average molecular weight is 626 g/mol. The molecule has 3 unspecified atom stereocenters. The van der Waals surface area contributed by atoms with Crippen molar-refractivity contribution in [3.05, 3.63) is 32.9 Å². The van der Waals surface area contributed by atoms with Gasteiger partial charge in [0.15, 0.2) is 11.5 Å². The van der Waals surface area contributed by atoms with E-state index < -0.39 is 18.2 Å². The molecular formula is C27H35IN2O7. The van der Waals surface area contributed by atoms with Crippen LogP contribution in [0, 0.1) is 9.49 Å². The van der Waals surface area contributed by atoms with Gasteiger partial charge in [0.1, 0.15) is 18.5 Å². The fourth-order valence-electron chi connectivity index (χ4n) is 5.47. The Balaban J connectivity index is 1.70. The zero-order chi connectivity index (χ0) is 26.5. The Bertz CT molecular complexity index is 1040. The molecule has 3 atom stereocenters. The molecule has 9 nitrogen and oxygen atoms in total. The minimum atomic E-state index is -1.08. The molecule has 0 aromatic heterocycles. The van der Waals surface area contributed by atoms with Gasteiger partial charge in [-0.3, -0.25) is 14.4 Å². The summed E-state index contributed by atoms with van der Waals surface area (Å²) in [6.07, 6.45) is 7.03. The first kappa shape index (κ1) is 27.8. The Labute approximate surface area is 230 Å². The van der Waals surface area contributed by atoms with E-state index in [9.17, 15) is 24.6 Å². The topological polar surface area (TPSA) is 125 Å². The summed E-state index contributed by atoms with van der Waals surface area (Å²) in [6, 6.07) is 2.61. The summed E-state index contributed by atoms with van der Waals surface area (Å²) in [5, 5.41) is 23.5. The molecule has 0 heterocycles. The van der Waals surface area contributed by atoms with E-state index in [1.54, 1.807) is 18.2 Å². The van der Waals surface area contributed by atoms with Gasteiger partial charge in [-0.05, 0) is 66.5 Å². The molecule has 0 aliphatic heterocycles. The van der Waals surface area contributed by atoms with Crippen LogP contribution in [-0.2, 0) is 9.59 Å². The second-order valence-electron chi connectivity index (χ2n) is 9.98. The van der Waals surface area contributed by atoms with Crippen LogP contribution in [-0.4, -0.2) is 77.8 Å². The molecule has 0 spiro atoms. The van der Waals surface area contributed by atoms with E-state index in [1.165, 1.54) is 7.11 Å². The summed E-state index contributed by atoms with van der Waals surface area (Å²) >= 11 is 2.04. The van der Waals surface area contributed by atoms with Crippen LogP contribution in [0.3, 0.4) is 0 Å². The van der Waals surface area contributed by atoms with Gasteiger partial charge in [-0.1, -0.05) is 19.3 Å². The number of aldehydes is 1. The Morgan fingerprint density at radius 2 is 1.92 bits per heavy atom. The molecule has 3 aliphatic carbocycles. The van der Waals surface area contributed by atoms with Gasteiger partial charge < -0.3 is 29.9 Å². The number of rotatable bonds is 10. The summed E-state index contributed by atoms with van der Waals surface area (Å²) in [5.74, 6) is 0.339. The fraction of sp³-hybridized carbons (Fsp3) is 0.593. The highest BCUT2D eigenvalue weighted by Gasteiger charge is 2.45. The van der Waals surface area contributed by atoms with Crippen molar-refractivity contribution in [3.63, 3.8) is 0 Å². The number of hydrogen-bond acceptors (Lipinski definition) is 7. The van der Waals surface area contributed by atoms with Gasteiger partial charge in [0.2, 0.25) is 11.8 Å². The van der Waals surface area contributed by atoms with Crippen LogP contribution in [0.2, 0.25) is 0 Å². The lowest BCUT2D eigenvalue weighted by atomic mass is 9.81. The first-order valence-electron chi connectivity index (χ1n) is 13.0. The fourth-order valence-corrected chi connectivity index (χ4v) is 6.22. The number of methoxy groups -OCH3 is 1. The van der Waals surface area contributed by atoms with Gasteiger partial charge in [-0.25, -0.2) is 0 Å². The third-order valence-electron chi connectivity index (χ3n) is 7.64. The largest absolute Gasteiger partial charge is 0.493 e. The van der Waals surface area contributed by atoms with E-state index in [4.69, 9.17) is 9.47 Å². The molecule has 202 valence electrons. The Morgan fingerprint density at radius 1 is 1.19 bits per heavy atom. The third-order valence-corrected chi connectivity index (χ3v) is 8.44. The Hall–Kier alpha value is -2.18. The number of aliphatic hydroxyl groups excluding tert-OH is 2. The van der Waals surface area contributed by atoms with E-state index in [0.717, 1.165) is 51.2 Å². The van der Waals surface area contributed by atoms with Crippen LogP contribution in [0.25, 0.3) is 0 Å². The molecule has 0 radical (unpaired) electrons. The number of carbonyl (C=O) groups is 3. The summed E-state index contributed by atoms with van der Waals surface area (Å²) in [4.78, 5) is 39.9. The second-order valence-corrected chi connectivity index (χ2v) is 11.1. The molecular weight excluding hydrogens is 591 g/mol. The van der Waals surface area contributed by atoms with Crippen LogP contribution in [0.15, 0.2) is 23.8 Å². The molecule has 0 bridgehead atoms. The van der Waals surface area contributed by atoms with Crippen molar-refractivity contribution in [2.24, 2.45) is 5.92 Å². The highest BCUT2D eigenvalue weighted by molar-refractivity contribution is 14.1. The molecule has 0 saturated heterocycles. The zero-order valence-corrected chi connectivity index (χ0v) is 23.2. The molecule has 10 heteroatoms. The van der Waals surface area contributed by atoms with Gasteiger partial charge in [0.25, 0.3) is 0 Å². The van der Waals surface area contributed by atoms with Gasteiger partial charge in [0, 0.05) is 36.1 Å². The smallest absolute Gasteiger partial charge is 0.247 e. The van der Waals surface area contributed by atoms with Crippen molar-refractivity contribution in [2.45, 2.75) is 75.7 Å². The predicted octanol–water partition coefficient (Wildman–Crippen LogP) is 2.60. The van der Waals surface area contributed by atoms with Gasteiger partial charge in [-0.2, -0.15) is 0 Å². The van der Waals surface area contributed by atoms with Gasteiger partial charge >= 0.3 is 0 Å². The quantitative estimate of drug-likeness (QED) is 0.270. The van der Waals surface area contributed by atoms with Crippen molar-refractivity contribution in [2.75, 3.05) is 20.3 Å². The van der Waals surface area contributed by atoms with Crippen molar-refractivity contribution >= 4 is 40.7 Å². The minimum Gasteiger partial charge on any atom is -0.493 e. The minimum absolute atomic E-state index is 0.0230. The Morgan fingerprint density at radius 3 is 2.51 bits per heavy atom. The zero-order valence-electron chi connectivity index (χ0n) is 21.0. The third kappa shape index (κ3) is 6.12. The second kappa shape index (κ2) is 12.6. The van der Waals surface area contributed by atoms with E-state index in [1.807, 2.05) is 27.5 Å². The molecule has 2 saturated carbocycles. The molecule has 3 N–H and O–H groups in total. The van der Waals surface area contributed by atoms with Crippen molar-refractivity contribution < 1.29 is 34.1 Å². The monoisotopic (exact) mass is 626 g/mol. The summed E-state index contributed by atoms with van der Waals surface area (Å²) < 4.78 is 12.4. The number of amides is 2. The lowest BCUT2D eigenvalue weighted by Gasteiger charge is -2.45. The normalized spacial score (nSPS) is 24.1. The molecule has 37 heavy (non-hydrogen) atoms. The number of carbonyl (C=O) groups excluding carboxylic acids is 3. The van der Waals surface area contributed by atoms with Crippen molar-refractivity contribution in [3.8, 4) is 11.5 Å². The standard InChI is InChI=1S/C27H35IN2O7/c1-36-23-12-16(15-32)11-20(28)25(23)37-22-14-18(26(34)29-9-10-31)13-21(24(22)33)30(19-7-2-3-8-19)27(35)17-5-4-6-17/h11-12,14-15,17,19,21-22,24,31,33H,2-10,13H2,1H3,(H,29,34). The SMILES string of the molecule is COc1cc(C=O)cc(I)c1OC1C=C(C(=O)NCCO)CC(N(C(=O)C2CCC2)C2CCCC2)C1O. The van der Waals surface area contributed by atoms with E-state index in [0.29, 0.717) is 26.2 Å². The molecule has 2 amide bonds. The van der Waals surface area contributed by atoms with Crippen molar-refractivity contribution in [1.82, 2.24) is 10.2 Å². The lowest BCUT2D eigenvalue weighted by Crippen LogP contribution is -2.59. The number of aliphatic hydroxyl groups is 2. The summed E-state index contributed by atoms with van der Waals surface area (Å²) in [5.41, 5.74) is 0.824. The number of halogens is 1. The first-order chi connectivity index (χ1) is 17.9. The molecule has 2 fully saturated rings. The maximum absolute atomic E-state index is 13.7. The Kier molecular flexibility index (Phi) is 9.46. The van der Waals surface area contributed by atoms with Crippen LogP contribution >= 0.6 is 22.6 Å². The summed E-state index contributed by atoms with van der Waals surface area (Å²) in [7, 11) is 1.47. The van der Waals surface area contributed by atoms with E-state index in [2.05, 4.69) is 5.32 Å². The number of benzene rings is 1. The molecule has 1 aromatic carbocycles. The predicted molar refractivity (Wildman–Crippen MR) is 145 cm³/mol. The van der Waals surface area contributed by atoms with Gasteiger partial charge in [0.05, 0.1) is 23.3 Å². The van der Waals surface area contributed by atoms with Crippen LogP contribution in [0.1, 0.15) is 61.7 Å². The maximum Gasteiger partial charge on any atom is 0.247 e. The van der Waals surface area contributed by atoms with Crippen LogP contribution in [0.5, 0.6) is 11.5 Å². The summed E-state index contributed by atoms with van der Waals surface area (Å²) in [6.45, 7) is -0.0982. The lowest BCUT2D eigenvalue weighted by molar-refractivity contribution is -0.149. The number of hydrogen-bond donors (Lipinski definition) is 3. The van der Waals surface area contributed by atoms with Crippen LogP contribution in [0.4, 0.5) is 0 Å². The highest BCUT2D eigenvalue weighted by atomic mass is 127. The number of nitrogens with zero attached hydrogens (tertiary/aromatic N) is 1.